The molecule has 2 aromatic carbocycles. The van der Waals surface area contributed by atoms with Crippen LogP contribution in [0.1, 0.15) is 17.2 Å². The molecule has 0 aliphatic heterocycles. The van der Waals surface area contributed by atoms with Crippen molar-refractivity contribution in [2.75, 3.05) is 26.1 Å². The molecule has 1 atom stereocenters. The molecule has 0 saturated heterocycles. The highest BCUT2D eigenvalue weighted by molar-refractivity contribution is 9.10. The van der Waals surface area contributed by atoms with Gasteiger partial charge >= 0.3 is 0 Å². The van der Waals surface area contributed by atoms with Crippen LogP contribution in [0.15, 0.2) is 46.9 Å². The lowest BCUT2D eigenvalue weighted by Gasteiger charge is -2.18. The van der Waals surface area contributed by atoms with Crippen LogP contribution < -0.4 is 15.4 Å². The molecule has 0 radical (unpaired) electrons. The fourth-order valence-electron chi connectivity index (χ4n) is 2.22. The molecule has 0 aliphatic rings. The number of methoxy groups -OCH3 is 1. The van der Waals surface area contributed by atoms with Crippen LogP contribution in [0.5, 0.6) is 5.75 Å². The monoisotopic (exact) mass is 348 g/mol. The minimum absolute atomic E-state index is 0.0479. The zero-order chi connectivity index (χ0) is 15.4. The Morgan fingerprint density at radius 2 is 1.95 bits per heavy atom. The van der Waals surface area contributed by atoms with E-state index in [1.165, 1.54) is 0 Å². The Kier molecular flexibility index (Phi) is 5.26. The Morgan fingerprint density at radius 3 is 2.62 bits per heavy atom. The Morgan fingerprint density at radius 1 is 1.19 bits per heavy atom. The molecule has 2 aromatic rings. The molecule has 4 heteroatoms. The molecular formula is C17H21BrN2O. The molecule has 3 nitrogen and oxygen atoms in total. The number of hydrogen-bond acceptors (Lipinski definition) is 3. The minimum atomic E-state index is -0.0479. The van der Waals surface area contributed by atoms with E-state index in [2.05, 4.69) is 39.0 Å². The van der Waals surface area contributed by atoms with Gasteiger partial charge in [-0.2, -0.15) is 0 Å². The maximum Gasteiger partial charge on any atom is 0.119 e. The van der Waals surface area contributed by atoms with Crippen molar-refractivity contribution < 1.29 is 4.74 Å². The third kappa shape index (κ3) is 3.99. The first kappa shape index (κ1) is 15.9. The maximum atomic E-state index is 6.38. The topological polar surface area (TPSA) is 38.5 Å². The number of benzene rings is 2. The SMILES string of the molecule is COc1ccc(Br)c(CC(N)c2cccc(N(C)C)c2)c1. The van der Waals surface area contributed by atoms with Crippen LogP contribution in [0.4, 0.5) is 5.69 Å². The third-order valence-electron chi connectivity index (χ3n) is 3.51. The molecule has 21 heavy (non-hydrogen) atoms. The van der Waals surface area contributed by atoms with Gasteiger partial charge in [-0.3, -0.25) is 0 Å². The van der Waals surface area contributed by atoms with E-state index in [-0.39, 0.29) is 6.04 Å². The lowest BCUT2D eigenvalue weighted by molar-refractivity contribution is 0.414. The highest BCUT2D eigenvalue weighted by Gasteiger charge is 2.11. The summed E-state index contributed by atoms with van der Waals surface area (Å²) in [7, 11) is 5.74. The second-order valence-corrected chi connectivity index (χ2v) is 6.11. The standard InChI is InChI=1S/C17H21BrN2O/c1-20(2)14-6-4-5-12(9-14)17(19)11-13-10-15(21-3)7-8-16(13)18/h4-10,17H,11,19H2,1-3H3. The quantitative estimate of drug-likeness (QED) is 0.893. The number of nitrogens with zero attached hydrogens (tertiary/aromatic N) is 1. The third-order valence-corrected chi connectivity index (χ3v) is 4.28. The molecule has 1 unspecified atom stereocenters. The number of nitrogens with two attached hydrogens (primary N) is 1. The average molecular weight is 349 g/mol. The number of ether oxygens (including phenoxy) is 1. The van der Waals surface area contributed by atoms with E-state index in [9.17, 15) is 0 Å². The largest absolute Gasteiger partial charge is 0.497 e. The van der Waals surface area contributed by atoms with Crippen molar-refractivity contribution in [3.05, 3.63) is 58.1 Å². The minimum Gasteiger partial charge on any atom is -0.497 e. The molecular weight excluding hydrogens is 328 g/mol. The molecule has 0 bridgehead atoms. The van der Waals surface area contributed by atoms with Crippen molar-refractivity contribution in [2.24, 2.45) is 5.73 Å². The second kappa shape index (κ2) is 6.96. The smallest absolute Gasteiger partial charge is 0.119 e. The Labute approximate surface area is 134 Å². The molecule has 0 heterocycles. The van der Waals surface area contributed by atoms with Gasteiger partial charge in [0.1, 0.15) is 5.75 Å². The van der Waals surface area contributed by atoms with Gasteiger partial charge in [0.05, 0.1) is 7.11 Å². The molecule has 112 valence electrons. The summed E-state index contributed by atoms with van der Waals surface area (Å²) in [6.07, 6.45) is 0.759. The summed E-state index contributed by atoms with van der Waals surface area (Å²) >= 11 is 3.58. The number of rotatable bonds is 5. The summed E-state index contributed by atoms with van der Waals surface area (Å²) in [5, 5.41) is 0. The van der Waals surface area contributed by atoms with Gasteiger partial charge in [0, 0.05) is 30.3 Å². The summed E-state index contributed by atoms with van der Waals surface area (Å²) in [5.74, 6) is 0.849. The Balaban J connectivity index is 2.21. The van der Waals surface area contributed by atoms with Crippen molar-refractivity contribution in [3.63, 3.8) is 0 Å². The van der Waals surface area contributed by atoms with E-state index in [1.807, 2.05) is 38.4 Å². The van der Waals surface area contributed by atoms with Crippen LogP contribution in [0, 0.1) is 0 Å². The first-order valence-electron chi connectivity index (χ1n) is 6.86. The van der Waals surface area contributed by atoms with Crippen molar-refractivity contribution in [2.45, 2.75) is 12.5 Å². The van der Waals surface area contributed by atoms with Crippen molar-refractivity contribution in [1.29, 1.82) is 0 Å². The Bertz CT molecular complexity index is 613. The van der Waals surface area contributed by atoms with Gasteiger partial charge in [-0.25, -0.2) is 0 Å². The van der Waals surface area contributed by atoms with Gasteiger partial charge in [0.15, 0.2) is 0 Å². The normalized spacial score (nSPS) is 12.0. The van der Waals surface area contributed by atoms with E-state index in [1.54, 1.807) is 7.11 Å². The predicted molar refractivity (Wildman–Crippen MR) is 92.1 cm³/mol. The number of halogens is 1. The predicted octanol–water partition coefficient (Wildman–Crippen LogP) is 3.77. The maximum absolute atomic E-state index is 6.38. The average Bonchev–Trinajstić information content (AvgIpc) is 2.49. The first-order chi connectivity index (χ1) is 10.0. The second-order valence-electron chi connectivity index (χ2n) is 5.26. The van der Waals surface area contributed by atoms with Crippen molar-refractivity contribution >= 4 is 21.6 Å². The summed E-state index contributed by atoms with van der Waals surface area (Å²) in [6, 6.07) is 14.3. The van der Waals surface area contributed by atoms with Crippen LogP contribution in [0.25, 0.3) is 0 Å². The zero-order valence-corrected chi connectivity index (χ0v) is 14.2. The van der Waals surface area contributed by atoms with Crippen molar-refractivity contribution in [1.82, 2.24) is 0 Å². The van der Waals surface area contributed by atoms with Gasteiger partial charge in [0.2, 0.25) is 0 Å². The molecule has 0 amide bonds. The molecule has 2 rings (SSSR count). The molecule has 0 saturated carbocycles. The summed E-state index contributed by atoms with van der Waals surface area (Å²) in [5.41, 5.74) is 9.82. The fourth-order valence-corrected chi connectivity index (χ4v) is 2.63. The number of anilines is 1. The van der Waals surface area contributed by atoms with Gasteiger partial charge in [-0.05, 0) is 47.9 Å². The van der Waals surface area contributed by atoms with Crippen LogP contribution in [0.2, 0.25) is 0 Å². The molecule has 0 fully saturated rings. The van der Waals surface area contributed by atoms with E-state index < -0.39 is 0 Å². The summed E-state index contributed by atoms with van der Waals surface area (Å²) in [4.78, 5) is 2.08. The van der Waals surface area contributed by atoms with Crippen LogP contribution >= 0.6 is 15.9 Å². The molecule has 2 N–H and O–H groups in total. The summed E-state index contributed by atoms with van der Waals surface area (Å²) in [6.45, 7) is 0. The fraction of sp³-hybridized carbons (Fsp3) is 0.294. The highest BCUT2D eigenvalue weighted by Crippen LogP contribution is 2.27. The van der Waals surface area contributed by atoms with Crippen LogP contribution in [0.3, 0.4) is 0 Å². The lowest BCUT2D eigenvalue weighted by Crippen LogP contribution is -2.15. The Hall–Kier alpha value is -1.52. The molecule has 0 aromatic heterocycles. The van der Waals surface area contributed by atoms with Gasteiger partial charge in [-0.1, -0.05) is 28.1 Å². The van der Waals surface area contributed by atoms with Crippen molar-refractivity contribution in [3.8, 4) is 5.75 Å². The van der Waals surface area contributed by atoms with Gasteiger partial charge < -0.3 is 15.4 Å². The molecule has 0 spiro atoms. The lowest BCUT2D eigenvalue weighted by atomic mass is 9.99. The highest BCUT2D eigenvalue weighted by atomic mass is 79.9. The summed E-state index contributed by atoms with van der Waals surface area (Å²) < 4.78 is 6.34. The van der Waals surface area contributed by atoms with Crippen LogP contribution in [-0.2, 0) is 6.42 Å². The van der Waals surface area contributed by atoms with Gasteiger partial charge in [-0.15, -0.1) is 0 Å². The van der Waals surface area contributed by atoms with E-state index in [0.717, 1.165) is 33.5 Å². The first-order valence-corrected chi connectivity index (χ1v) is 7.66. The van der Waals surface area contributed by atoms with E-state index in [4.69, 9.17) is 10.5 Å². The van der Waals surface area contributed by atoms with E-state index in [0.29, 0.717) is 0 Å². The number of hydrogen-bond donors (Lipinski definition) is 1. The van der Waals surface area contributed by atoms with Crippen LogP contribution in [-0.4, -0.2) is 21.2 Å². The zero-order valence-electron chi connectivity index (χ0n) is 12.6. The molecule has 0 aliphatic carbocycles. The van der Waals surface area contributed by atoms with Gasteiger partial charge in [0.25, 0.3) is 0 Å². The van der Waals surface area contributed by atoms with E-state index >= 15 is 0 Å².